The molecular weight excluding hydrogens is 294 g/mol. The minimum atomic E-state index is -0.337. The molecule has 0 spiro atoms. The Morgan fingerprint density at radius 2 is 2.10 bits per heavy atom. The van der Waals surface area contributed by atoms with Crippen LogP contribution in [0.2, 0.25) is 5.02 Å². The highest BCUT2D eigenvalue weighted by Crippen LogP contribution is 2.36. The van der Waals surface area contributed by atoms with Crippen molar-refractivity contribution in [1.82, 2.24) is 0 Å². The van der Waals surface area contributed by atoms with Crippen molar-refractivity contribution in [3.63, 3.8) is 0 Å². The van der Waals surface area contributed by atoms with Gasteiger partial charge in [0.1, 0.15) is 0 Å². The molecule has 0 amide bonds. The van der Waals surface area contributed by atoms with Crippen LogP contribution >= 0.6 is 11.6 Å². The molecule has 6 heteroatoms. The van der Waals surface area contributed by atoms with Crippen molar-refractivity contribution >= 4 is 17.6 Å². The average molecular weight is 316 g/mol. The lowest BCUT2D eigenvalue weighted by atomic mass is 10.0. The molecule has 0 aromatic heterocycles. The molecule has 0 aliphatic carbocycles. The van der Waals surface area contributed by atoms with E-state index in [0.717, 1.165) is 18.4 Å². The second kappa shape index (κ2) is 8.74. The van der Waals surface area contributed by atoms with Crippen molar-refractivity contribution in [3.8, 4) is 11.5 Å². The third-order valence-corrected chi connectivity index (χ3v) is 3.37. The number of carbonyl (C=O) groups excluding carboxylic acids is 1. The number of esters is 1. The molecule has 1 aromatic carbocycles. The highest BCUT2D eigenvalue weighted by molar-refractivity contribution is 6.32. The van der Waals surface area contributed by atoms with Crippen molar-refractivity contribution in [3.05, 3.63) is 22.7 Å². The fourth-order valence-corrected chi connectivity index (χ4v) is 2.10. The van der Waals surface area contributed by atoms with Gasteiger partial charge in [-0.25, -0.2) is 0 Å². The number of ether oxygens (including phenoxy) is 3. The molecule has 2 N–H and O–H groups in total. The van der Waals surface area contributed by atoms with Crippen LogP contribution in [0.4, 0.5) is 0 Å². The number of hydrogen-bond acceptors (Lipinski definition) is 5. The summed E-state index contributed by atoms with van der Waals surface area (Å²) in [6.07, 6.45) is 1.75. The van der Waals surface area contributed by atoms with Gasteiger partial charge in [0.15, 0.2) is 11.5 Å². The van der Waals surface area contributed by atoms with Crippen LogP contribution < -0.4 is 15.2 Å². The second-order valence-electron chi connectivity index (χ2n) is 4.66. The maximum absolute atomic E-state index is 11.1. The molecular formula is C15H22ClNO4. The first-order valence-electron chi connectivity index (χ1n) is 6.83. The monoisotopic (exact) mass is 315 g/mol. The Morgan fingerprint density at radius 1 is 1.38 bits per heavy atom. The lowest BCUT2D eigenvalue weighted by molar-refractivity contribution is -0.141. The van der Waals surface area contributed by atoms with Gasteiger partial charge in [0.05, 0.1) is 32.3 Å². The van der Waals surface area contributed by atoms with Gasteiger partial charge in [0.2, 0.25) is 0 Å². The summed E-state index contributed by atoms with van der Waals surface area (Å²) in [6, 6.07) is 3.75. The molecule has 1 aromatic rings. The van der Waals surface area contributed by atoms with Crippen LogP contribution in [-0.2, 0) is 16.0 Å². The standard InChI is InChI=1S/C15H22ClNO4/c1-4-11(17)7-10-8-12(16)15(13(9-10)19-2)21-6-5-14(18)20-3/h8-9,11H,4-7,17H2,1-3H3. The van der Waals surface area contributed by atoms with Crippen molar-refractivity contribution in [2.75, 3.05) is 20.8 Å². The Morgan fingerprint density at radius 3 is 2.67 bits per heavy atom. The molecule has 1 rings (SSSR count). The molecule has 0 saturated heterocycles. The third kappa shape index (κ3) is 5.44. The average Bonchev–Trinajstić information content (AvgIpc) is 2.48. The third-order valence-electron chi connectivity index (χ3n) is 3.09. The molecule has 0 radical (unpaired) electrons. The number of carbonyl (C=O) groups is 1. The SMILES string of the molecule is CCC(N)Cc1cc(Cl)c(OCCC(=O)OC)c(OC)c1. The summed E-state index contributed by atoms with van der Waals surface area (Å²) in [4.78, 5) is 11.1. The highest BCUT2D eigenvalue weighted by atomic mass is 35.5. The number of rotatable bonds is 8. The normalized spacial score (nSPS) is 11.9. The molecule has 1 atom stereocenters. The van der Waals surface area contributed by atoms with Crippen LogP contribution in [0.5, 0.6) is 11.5 Å². The number of benzene rings is 1. The quantitative estimate of drug-likeness (QED) is 0.747. The fraction of sp³-hybridized carbons (Fsp3) is 0.533. The van der Waals surface area contributed by atoms with E-state index in [9.17, 15) is 4.79 Å². The van der Waals surface area contributed by atoms with Gasteiger partial charge in [-0.2, -0.15) is 0 Å². The molecule has 0 fully saturated rings. The van der Waals surface area contributed by atoms with Crippen LogP contribution in [0.1, 0.15) is 25.3 Å². The minimum absolute atomic E-state index is 0.0804. The zero-order valence-corrected chi connectivity index (χ0v) is 13.4. The van der Waals surface area contributed by atoms with Gasteiger partial charge in [-0.1, -0.05) is 18.5 Å². The van der Waals surface area contributed by atoms with Gasteiger partial charge in [-0.15, -0.1) is 0 Å². The summed E-state index contributed by atoms with van der Waals surface area (Å²) in [6.45, 7) is 2.21. The predicted molar refractivity (Wildman–Crippen MR) is 82.1 cm³/mol. The molecule has 118 valence electrons. The summed E-state index contributed by atoms with van der Waals surface area (Å²) in [5.41, 5.74) is 6.94. The van der Waals surface area contributed by atoms with E-state index in [4.69, 9.17) is 26.8 Å². The van der Waals surface area contributed by atoms with E-state index in [0.29, 0.717) is 16.5 Å². The predicted octanol–water partition coefficient (Wildman–Crippen LogP) is 2.57. The van der Waals surface area contributed by atoms with E-state index in [2.05, 4.69) is 4.74 Å². The van der Waals surface area contributed by atoms with Crippen LogP contribution in [0.25, 0.3) is 0 Å². The van der Waals surface area contributed by atoms with E-state index in [1.54, 1.807) is 7.11 Å². The van der Waals surface area contributed by atoms with Crippen molar-refractivity contribution in [1.29, 1.82) is 0 Å². The van der Waals surface area contributed by atoms with Crippen LogP contribution in [0.15, 0.2) is 12.1 Å². The van der Waals surface area contributed by atoms with Gasteiger partial charge < -0.3 is 19.9 Å². The Balaban J connectivity index is 2.82. The number of halogens is 1. The fourth-order valence-electron chi connectivity index (χ4n) is 1.82. The van der Waals surface area contributed by atoms with E-state index in [-0.39, 0.29) is 25.0 Å². The van der Waals surface area contributed by atoms with Crippen LogP contribution in [0, 0.1) is 0 Å². The molecule has 0 heterocycles. The van der Waals surface area contributed by atoms with E-state index in [1.807, 2.05) is 19.1 Å². The molecule has 1 unspecified atom stereocenters. The lowest BCUT2D eigenvalue weighted by Gasteiger charge is -2.15. The highest BCUT2D eigenvalue weighted by Gasteiger charge is 2.14. The van der Waals surface area contributed by atoms with Gasteiger partial charge in [-0.05, 0) is 30.5 Å². The maximum Gasteiger partial charge on any atom is 0.308 e. The van der Waals surface area contributed by atoms with Gasteiger partial charge in [0.25, 0.3) is 0 Å². The maximum atomic E-state index is 11.1. The van der Waals surface area contributed by atoms with E-state index in [1.165, 1.54) is 7.11 Å². The first kappa shape index (κ1) is 17.6. The summed E-state index contributed by atoms with van der Waals surface area (Å²) >= 11 is 6.23. The Kier molecular flexibility index (Phi) is 7.32. The zero-order chi connectivity index (χ0) is 15.8. The minimum Gasteiger partial charge on any atom is -0.493 e. The number of hydrogen-bond donors (Lipinski definition) is 1. The first-order valence-corrected chi connectivity index (χ1v) is 7.21. The Labute approximate surface area is 130 Å². The Bertz CT molecular complexity index is 479. The van der Waals surface area contributed by atoms with Crippen LogP contribution in [-0.4, -0.2) is 32.8 Å². The summed E-state index contributed by atoms with van der Waals surface area (Å²) < 4.78 is 15.4. The van der Waals surface area contributed by atoms with E-state index < -0.39 is 0 Å². The molecule has 0 aliphatic rings. The molecule has 21 heavy (non-hydrogen) atoms. The van der Waals surface area contributed by atoms with Gasteiger partial charge in [-0.3, -0.25) is 4.79 Å². The number of methoxy groups -OCH3 is 2. The lowest BCUT2D eigenvalue weighted by Crippen LogP contribution is -2.21. The van der Waals surface area contributed by atoms with E-state index >= 15 is 0 Å². The smallest absolute Gasteiger partial charge is 0.308 e. The summed E-state index contributed by atoms with van der Waals surface area (Å²) in [5.74, 6) is 0.623. The first-order chi connectivity index (χ1) is 10.0. The summed E-state index contributed by atoms with van der Waals surface area (Å²) in [5, 5.41) is 0.442. The van der Waals surface area contributed by atoms with Crippen molar-refractivity contribution in [2.24, 2.45) is 5.73 Å². The van der Waals surface area contributed by atoms with Crippen molar-refractivity contribution < 1.29 is 19.0 Å². The molecule has 0 bridgehead atoms. The number of nitrogens with two attached hydrogens (primary N) is 1. The van der Waals surface area contributed by atoms with Gasteiger partial charge in [0, 0.05) is 6.04 Å². The topological polar surface area (TPSA) is 70.8 Å². The molecule has 0 aliphatic heterocycles. The van der Waals surface area contributed by atoms with Crippen LogP contribution in [0.3, 0.4) is 0 Å². The largest absolute Gasteiger partial charge is 0.493 e. The van der Waals surface area contributed by atoms with Crippen molar-refractivity contribution in [2.45, 2.75) is 32.2 Å². The van der Waals surface area contributed by atoms with Gasteiger partial charge >= 0.3 is 5.97 Å². The zero-order valence-electron chi connectivity index (χ0n) is 12.6. The molecule has 0 saturated carbocycles. The summed E-state index contributed by atoms with van der Waals surface area (Å²) in [7, 11) is 2.88. The molecule has 5 nitrogen and oxygen atoms in total. The Hall–Kier alpha value is -1.46. The second-order valence-corrected chi connectivity index (χ2v) is 5.06.